The molecule has 2 bridgehead atoms. The van der Waals surface area contributed by atoms with E-state index in [0.717, 1.165) is 66.0 Å². The number of nitrogens with zero attached hydrogens (tertiary/aromatic N) is 6. The lowest BCUT2D eigenvalue weighted by molar-refractivity contribution is 0.00564. The van der Waals surface area contributed by atoms with Gasteiger partial charge in [-0.2, -0.15) is 9.61 Å². The molecule has 5 heterocycles. The highest BCUT2D eigenvalue weighted by Gasteiger charge is 2.47. The van der Waals surface area contributed by atoms with Gasteiger partial charge in [0.15, 0.2) is 5.65 Å². The standard InChI is InChI=1S/C44H72N6O6Si2/c1-14-44(52,15-2)37-20-17-32(27-45-37)36-28-46-50-40(36)47-39(33-25-34-18-19-35(26-33)49(34)42(51)56-43(5,6)7)38(31(4)55-16-3)41(50)48(29-53-21-23-57(8,9)10)30-54-22-24-58(11,12)13/h17,20,27-28,33-35,52H,4,14-16,18-19,21-26,29-30H2,1-3,5-13H3/t33-,34+,35-. The molecule has 2 aliphatic heterocycles. The van der Waals surface area contributed by atoms with Crippen LogP contribution in [0, 0.1) is 0 Å². The van der Waals surface area contributed by atoms with Gasteiger partial charge in [0.1, 0.15) is 36.2 Å². The summed E-state index contributed by atoms with van der Waals surface area (Å²) in [6, 6.07) is 6.03. The van der Waals surface area contributed by atoms with Crippen molar-refractivity contribution >= 4 is 39.5 Å². The summed E-state index contributed by atoms with van der Waals surface area (Å²) in [5.41, 5.74) is 3.06. The maximum atomic E-state index is 13.6. The summed E-state index contributed by atoms with van der Waals surface area (Å²) in [5.74, 6) is 1.27. The summed E-state index contributed by atoms with van der Waals surface area (Å²) in [4.78, 5) is 27.9. The number of aliphatic hydroxyl groups is 1. The average molecular weight is 837 g/mol. The fourth-order valence-corrected chi connectivity index (χ4v) is 9.53. The Morgan fingerprint density at radius 1 is 0.931 bits per heavy atom. The Morgan fingerprint density at radius 3 is 2.00 bits per heavy atom. The van der Waals surface area contributed by atoms with Gasteiger partial charge in [0.05, 0.1) is 29.8 Å². The van der Waals surface area contributed by atoms with Crippen LogP contribution in [0.2, 0.25) is 51.4 Å². The molecule has 2 aliphatic rings. The van der Waals surface area contributed by atoms with Crippen LogP contribution in [0.15, 0.2) is 31.1 Å². The minimum Gasteiger partial charge on any atom is -0.494 e. The van der Waals surface area contributed by atoms with Crippen molar-refractivity contribution in [1.82, 2.24) is 24.5 Å². The highest BCUT2D eigenvalue weighted by molar-refractivity contribution is 6.76. The van der Waals surface area contributed by atoms with Crippen LogP contribution in [0.1, 0.15) is 103 Å². The van der Waals surface area contributed by atoms with Crippen molar-refractivity contribution < 1.29 is 28.8 Å². The average Bonchev–Trinajstić information content (AvgIpc) is 3.69. The van der Waals surface area contributed by atoms with Gasteiger partial charge in [-0.3, -0.25) is 4.98 Å². The third-order valence-electron chi connectivity index (χ3n) is 11.5. The van der Waals surface area contributed by atoms with E-state index >= 15 is 0 Å². The molecule has 2 fully saturated rings. The number of rotatable bonds is 19. The lowest BCUT2D eigenvalue weighted by Crippen LogP contribution is -2.48. The number of hydrogen-bond donors (Lipinski definition) is 1. The number of pyridine rings is 1. The molecule has 3 atom stereocenters. The zero-order valence-corrected chi connectivity index (χ0v) is 39.6. The molecule has 14 heteroatoms. The predicted octanol–water partition coefficient (Wildman–Crippen LogP) is 9.88. The van der Waals surface area contributed by atoms with Crippen LogP contribution >= 0.6 is 0 Å². The van der Waals surface area contributed by atoms with Crippen molar-refractivity contribution in [3.8, 4) is 11.1 Å². The molecule has 322 valence electrons. The lowest BCUT2D eigenvalue weighted by atomic mass is 9.85. The minimum absolute atomic E-state index is 0.00183. The smallest absolute Gasteiger partial charge is 0.410 e. The molecule has 5 rings (SSSR count). The van der Waals surface area contributed by atoms with Gasteiger partial charge in [-0.05, 0) is 84.4 Å². The summed E-state index contributed by atoms with van der Waals surface area (Å²) in [6.07, 6.45) is 7.84. The number of aromatic nitrogens is 4. The van der Waals surface area contributed by atoms with Gasteiger partial charge >= 0.3 is 6.09 Å². The van der Waals surface area contributed by atoms with Crippen LogP contribution in [0.4, 0.5) is 10.6 Å². The van der Waals surface area contributed by atoms with E-state index in [-0.39, 0.29) is 37.6 Å². The molecule has 3 aromatic rings. The van der Waals surface area contributed by atoms with Gasteiger partial charge in [-0.15, -0.1) is 0 Å². The first-order valence-corrected chi connectivity index (χ1v) is 28.9. The van der Waals surface area contributed by atoms with Crippen molar-refractivity contribution in [3.05, 3.63) is 48.1 Å². The number of anilines is 1. The molecular formula is C44H72N6O6Si2. The first-order chi connectivity index (χ1) is 27.2. The van der Waals surface area contributed by atoms with E-state index in [0.29, 0.717) is 49.8 Å². The number of piperidine rings is 1. The quantitative estimate of drug-likeness (QED) is 0.0540. The van der Waals surface area contributed by atoms with Crippen LogP contribution in [0.25, 0.3) is 22.5 Å². The van der Waals surface area contributed by atoms with Gasteiger partial charge in [-0.25, -0.2) is 9.78 Å². The SMILES string of the molecule is C=C(OCC)c1c([C@H]2C[C@H]3CC[C@@H](C2)N3C(=O)OC(C)(C)C)nc2c(-c3ccc(C(O)(CC)CC)nc3)cnn2c1N(COCC[Si](C)(C)C)COCC[Si](C)(C)C. The Bertz CT molecular complexity index is 1830. The third kappa shape index (κ3) is 11.1. The van der Waals surface area contributed by atoms with Crippen LogP contribution in [0.5, 0.6) is 0 Å². The molecule has 0 radical (unpaired) electrons. The number of carbonyl (C=O) groups is 1. The van der Waals surface area contributed by atoms with Crippen LogP contribution in [-0.4, -0.2) is 103 Å². The highest BCUT2D eigenvalue weighted by atomic mass is 28.3. The van der Waals surface area contributed by atoms with Gasteiger partial charge in [-0.1, -0.05) is 65.8 Å². The predicted molar refractivity (Wildman–Crippen MR) is 239 cm³/mol. The molecule has 0 aromatic carbocycles. The monoisotopic (exact) mass is 837 g/mol. The molecule has 0 saturated carbocycles. The second-order valence-electron chi connectivity index (χ2n) is 19.7. The lowest BCUT2D eigenvalue weighted by Gasteiger charge is -2.40. The van der Waals surface area contributed by atoms with Crippen LogP contribution in [-0.2, 0) is 24.5 Å². The zero-order valence-electron chi connectivity index (χ0n) is 37.6. The molecule has 1 amide bonds. The molecule has 12 nitrogen and oxygen atoms in total. The van der Waals surface area contributed by atoms with Gasteiger partial charge in [0, 0.05) is 64.7 Å². The number of carbonyl (C=O) groups excluding carboxylic acids is 1. The fourth-order valence-electron chi connectivity index (χ4n) is 8.02. The molecule has 3 aromatic heterocycles. The van der Waals surface area contributed by atoms with E-state index in [2.05, 4.69) is 50.8 Å². The summed E-state index contributed by atoms with van der Waals surface area (Å²) in [6.45, 7) is 32.6. The van der Waals surface area contributed by atoms with Gasteiger partial charge < -0.3 is 33.9 Å². The Balaban J connectivity index is 1.68. The molecule has 58 heavy (non-hydrogen) atoms. The zero-order chi connectivity index (χ0) is 42.6. The molecule has 2 saturated heterocycles. The van der Waals surface area contributed by atoms with E-state index in [9.17, 15) is 9.90 Å². The summed E-state index contributed by atoms with van der Waals surface area (Å²) in [7, 11) is -2.71. The molecule has 0 aliphatic carbocycles. The summed E-state index contributed by atoms with van der Waals surface area (Å²) in [5, 5.41) is 16.3. The van der Waals surface area contributed by atoms with E-state index < -0.39 is 27.3 Å². The Labute approximate surface area is 349 Å². The van der Waals surface area contributed by atoms with Crippen molar-refractivity contribution in [3.63, 3.8) is 0 Å². The second-order valence-corrected chi connectivity index (χ2v) is 30.9. The topological polar surface area (TPSA) is 124 Å². The Morgan fingerprint density at radius 2 is 1.52 bits per heavy atom. The number of hydrogen-bond acceptors (Lipinski definition) is 10. The Hall–Kier alpha value is -3.31. The van der Waals surface area contributed by atoms with E-state index in [1.54, 1.807) is 0 Å². The maximum absolute atomic E-state index is 13.6. The number of fused-ring (bicyclic) bond motifs is 3. The summed E-state index contributed by atoms with van der Waals surface area (Å²) < 4.78 is 27.1. The normalized spacial score (nSPS) is 18.8. The van der Waals surface area contributed by atoms with Crippen molar-refractivity contribution in [1.29, 1.82) is 0 Å². The maximum Gasteiger partial charge on any atom is 0.410 e. The van der Waals surface area contributed by atoms with Gasteiger partial charge in [0.25, 0.3) is 0 Å². The van der Waals surface area contributed by atoms with E-state index in [1.807, 2.05) is 75.5 Å². The van der Waals surface area contributed by atoms with Gasteiger partial charge in [0.2, 0.25) is 0 Å². The first-order valence-electron chi connectivity index (χ1n) is 21.5. The highest BCUT2D eigenvalue weighted by Crippen LogP contribution is 2.47. The van der Waals surface area contributed by atoms with E-state index in [4.69, 9.17) is 34.0 Å². The van der Waals surface area contributed by atoms with Crippen LogP contribution in [0.3, 0.4) is 0 Å². The largest absolute Gasteiger partial charge is 0.494 e. The molecule has 0 unspecified atom stereocenters. The minimum atomic E-state index is -1.36. The van der Waals surface area contributed by atoms with Crippen molar-refractivity contribution in [2.24, 2.45) is 0 Å². The van der Waals surface area contributed by atoms with Crippen LogP contribution < -0.4 is 4.90 Å². The van der Waals surface area contributed by atoms with Crippen molar-refractivity contribution in [2.75, 3.05) is 38.2 Å². The first kappa shape index (κ1) is 45.8. The second kappa shape index (κ2) is 18.5. The number of amides is 1. The number of ether oxygens (including phenoxy) is 4. The molecular weight excluding hydrogens is 765 g/mol. The molecule has 0 spiro atoms. The summed E-state index contributed by atoms with van der Waals surface area (Å²) >= 11 is 0. The van der Waals surface area contributed by atoms with E-state index in [1.165, 1.54) is 0 Å². The third-order valence-corrected chi connectivity index (χ3v) is 14.9. The fraction of sp³-hybridized carbons (Fsp3) is 0.682. The Kier molecular flexibility index (Phi) is 14.6. The van der Waals surface area contributed by atoms with Crippen molar-refractivity contribution in [2.45, 2.75) is 161 Å². The molecule has 1 N–H and O–H groups in total.